The van der Waals surface area contributed by atoms with Gasteiger partial charge >= 0.3 is 0 Å². The monoisotopic (exact) mass is 435 g/mol. The number of rotatable bonds is 1. The molecular weight excluding hydrogens is 417 g/mol. The van der Waals surface area contributed by atoms with Gasteiger partial charge in [-0.15, -0.1) is 0 Å². The third-order valence-electron chi connectivity index (χ3n) is 7.12. The van der Waals surface area contributed by atoms with Crippen LogP contribution in [0.3, 0.4) is 0 Å². The van der Waals surface area contributed by atoms with Gasteiger partial charge < -0.3 is 14.0 Å². The van der Waals surface area contributed by atoms with Crippen molar-refractivity contribution in [2.45, 2.75) is 0 Å². The van der Waals surface area contributed by atoms with E-state index in [2.05, 4.69) is 95.6 Å². The van der Waals surface area contributed by atoms with E-state index in [1.54, 1.807) is 0 Å². The number of hydrogen-bond donors (Lipinski definition) is 0. The normalized spacial score (nSPS) is 13.1. The Hall–Kier alpha value is -4.44. The van der Waals surface area contributed by atoms with Crippen LogP contribution in [-0.2, 0) is 0 Å². The van der Waals surface area contributed by atoms with E-state index in [4.69, 9.17) is 9.47 Å². The van der Waals surface area contributed by atoms with Crippen LogP contribution in [0.1, 0.15) is 0 Å². The molecule has 5 aromatic carbocycles. The van der Waals surface area contributed by atoms with E-state index < -0.39 is 0 Å². The van der Waals surface area contributed by atoms with Crippen molar-refractivity contribution in [2.24, 2.45) is 0 Å². The molecule has 0 N–H and O–H groups in total. The molecule has 0 saturated heterocycles. The quantitative estimate of drug-likeness (QED) is 0.318. The van der Waals surface area contributed by atoms with Crippen LogP contribution in [0.4, 0.5) is 0 Å². The molecule has 0 bridgehead atoms. The summed E-state index contributed by atoms with van der Waals surface area (Å²) in [6.45, 7) is 0.0616. The molecular formula is C30H18BNO2. The van der Waals surface area contributed by atoms with Gasteiger partial charge in [0.1, 0.15) is 23.0 Å². The lowest BCUT2D eigenvalue weighted by Gasteiger charge is -2.33. The van der Waals surface area contributed by atoms with Crippen molar-refractivity contribution in [3.05, 3.63) is 109 Å². The molecule has 3 nitrogen and oxygen atoms in total. The Morgan fingerprint density at radius 1 is 0.529 bits per heavy atom. The zero-order valence-electron chi connectivity index (χ0n) is 18.2. The Kier molecular flexibility index (Phi) is 3.48. The average Bonchev–Trinajstić information content (AvgIpc) is 3.24. The van der Waals surface area contributed by atoms with Gasteiger partial charge in [0.05, 0.1) is 11.0 Å². The lowest BCUT2D eigenvalue weighted by Crippen LogP contribution is -2.57. The van der Waals surface area contributed by atoms with Gasteiger partial charge in [0.15, 0.2) is 0 Å². The molecule has 2 aliphatic rings. The van der Waals surface area contributed by atoms with Crippen molar-refractivity contribution in [3.63, 3.8) is 0 Å². The van der Waals surface area contributed by atoms with E-state index in [-0.39, 0.29) is 6.71 Å². The van der Waals surface area contributed by atoms with Gasteiger partial charge in [-0.1, -0.05) is 72.8 Å². The number of ether oxygens (including phenoxy) is 2. The Morgan fingerprint density at radius 2 is 1.26 bits per heavy atom. The van der Waals surface area contributed by atoms with Crippen LogP contribution in [0.25, 0.3) is 27.5 Å². The van der Waals surface area contributed by atoms with E-state index in [0.29, 0.717) is 0 Å². The first-order chi connectivity index (χ1) is 16.9. The standard InChI is InChI=1S/C30H18BNO2/c1-2-9-19(10-3-1)32-24-13-6-4-11-20(24)21-17-18-23-30(29(21)32)34-27-16-8-15-26-28(27)31(23)22-12-5-7-14-25(22)33-26/h1-18H. The molecule has 0 saturated carbocycles. The highest BCUT2D eigenvalue weighted by molar-refractivity contribution is 6.98. The van der Waals surface area contributed by atoms with Gasteiger partial charge in [0.2, 0.25) is 0 Å². The van der Waals surface area contributed by atoms with E-state index in [1.165, 1.54) is 27.2 Å². The summed E-state index contributed by atoms with van der Waals surface area (Å²) in [5.74, 6) is 3.56. The molecule has 158 valence electrons. The zero-order valence-corrected chi connectivity index (χ0v) is 18.2. The molecule has 4 heteroatoms. The van der Waals surface area contributed by atoms with Crippen molar-refractivity contribution < 1.29 is 9.47 Å². The highest BCUT2D eigenvalue weighted by Crippen LogP contribution is 2.41. The molecule has 6 aromatic rings. The molecule has 0 fully saturated rings. The van der Waals surface area contributed by atoms with E-state index in [9.17, 15) is 0 Å². The number of fused-ring (bicyclic) bond motifs is 8. The fourth-order valence-corrected chi connectivity index (χ4v) is 5.73. The largest absolute Gasteiger partial charge is 0.458 e. The topological polar surface area (TPSA) is 23.4 Å². The van der Waals surface area contributed by atoms with E-state index in [1.807, 2.05) is 18.2 Å². The summed E-state index contributed by atoms with van der Waals surface area (Å²) < 4.78 is 15.4. The molecule has 8 rings (SSSR count). The first kappa shape index (κ1) is 18.0. The smallest absolute Gasteiger partial charge is 0.260 e. The molecule has 0 atom stereocenters. The summed E-state index contributed by atoms with van der Waals surface area (Å²) in [7, 11) is 0. The SMILES string of the molecule is c1ccc(-n2c3ccccc3c3ccc4c(c32)Oc2cccc3c2B4c2ccccc2O3)cc1. The molecule has 0 radical (unpaired) electrons. The van der Waals surface area contributed by atoms with Gasteiger partial charge in [-0.2, -0.15) is 0 Å². The number of aromatic nitrogens is 1. The fourth-order valence-electron chi connectivity index (χ4n) is 5.73. The van der Waals surface area contributed by atoms with Crippen LogP contribution in [0.5, 0.6) is 23.0 Å². The van der Waals surface area contributed by atoms with Crippen molar-refractivity contribution >= 4 is 44.9 Å². The summed E-state index contributed by atoms with van der Waals surface area (Å²) in [6.07, 6.45) is 0. The molecule has 0 unspecified atom stereocenters. The Morgan fingerprint density at radius 3 is 2.18 bits per heavy atom. The second kappa shape index (κ2) is 6.55. The maximum absolute atomic E-state index is 6.74. The summed E-state index contributed by atoms with van der Waals surface area (Å²) in [5, 5.41) is 2.41. The lowest BCUT2D eigenvalue weighted by molar-refractivity contribution is 0.466. The first-order valence-corrected chi connectivity index (χ1v) is 11.6. The van der Waals surface area contributed by atoms with Crippen LogP contribution in [0, 0.1) is 0 Å². The first-order valence-electron chi connectivity index (χ1n) is 11.6. The van der Waals surface area contributed by atoms with Crippen LogP contribution in [0.2, 0.25) is 0 Å². The van der Waals surface area contributed by atoms with Gasteiger partial charge in [-0.05, 0) is 47.3 Å². The Labute approximate surface area is 196 Å². The fraction of sp³-hybridized carbons (Fsp3) is 0. The minimum absolute atomic E-state index is 0.0616. The Balaban J connectivity index is 1.53. The molecule has 1 aromatic heterocycles. The molecule has 3 heterocycles. The number of hydrogen-bond acceptors (Lipinski definition) is 2. The number of para-hydroxylation sites is 3. The van der Waals surface area contributed by atoms with E-state index in [0.717, 1.165) is 39.7 Å². The van der Waals surface area contributed by atoms with Gasteiger partial charge in [-0.25, -0.2) is 0 Å². The van der Waals surface area contributed by atoms with E-state index >= 15 is 0 Å². The maximum Gasteiger partial charge on any atom is 0.260 e. The second-order valence-electron chi connectivity index (χ2n) is 8.91. The minimum Gasteiger partial charge on any atom is -0.458 e. The number of benzene rings is 5. The van der Waals surface area contributed by atoms with Gasteiger partial charge in [0.25, 0.3) is 6.71 Å². The second-order valence-corrected chi connectivity index (χ2v) is 8.91. The third kappa shape index (κ3) is 2.27. The van der Waals surface area contributed by atoms with Crippen LogP contribution >= 0.6 is 0 Å². The summed E-state index contributed by atoms with van der Waals surface area (Å²) in [4.78, 5) is 0. The van der Waals surface area contributed by atoms with Crippen molar-refractivity contribution in [1.29, 1.82) is 0 Å². The third-order valence-corrected chi connectivity index (χ3v) is 7.12. The highest BCUT2D eigenvalue weighted by Gasteiger charge is 2.41. The zero-order chi connectivity index (χ0) is 22.2. The summed E-state index contributed by atoms with van der Waals surface area (Å²) in [5.41, 5.74) is 6.85. The predicted molar refractivity (Wildman–Crippen MR) is 138 cm³/mol. The molecule has 0 spiro atoms. The summed E-state index contributed by atoms with van der Waals surface area (Å²) >= 11 is 0. The number of nitrogens with zero attached hydrogens (tertiary/aromatic N) is 1. The van der Waals surface area contributed by atoms with Crippen LogP contribution in [0.15, 0.2) is 109 Å². The molecule has 0 aliphatic carbocycles. The minimum atomic E-state index is 0.0616. The molecule has 0 amide bonds. The van der Waals surface area contributed by atoms with Gasteiger partial charge in [0, 0.05) is 21.9 Å². The maximum atomic E-state index is 6.74. The Bertz CT molecular complexity index is 1770. The van der Waals surface area contributed by atoms with Gasteiger partial charge in [-0.3, -0.25) is 0 Å². The van der Waals surface area contributed by atoms with Crippen molar-refractivity contribution in [2.75, 3.05) is 0 Å². The lowest BCUT2D eigenvalue weighted by atomic mass is 9.35. The van der Waals surface area contributed by atoms with Crippen LogP contribution < -0.4 is 25.9 Å². The average molecular weight is 435 g/mol. The highest BCUT2D eigenvalue weighted by atomic mass is 16.5. The van der Waals surface area contributed by atoms with Crippen LogP contribution in [-0.4, -0.2) is 11.3 Å². The van der Waals surface area contributed by atoms with Crippen molar-refractivity contribution in [3.8, 4) is 28.7 Å². The summed E-state index contributed by atoms with van der Waals surface area (Å²) in [6, 6.07) is 38.1. The van der Waals surface area contributed by atoms with Crippen molar-refractivity contribution in [1.82, 2.24) is 4.57 Å². The predicted octanol–water partition coefficient (Wildman–Crippen LogP) is 5.51. The molecule has 34 heavy (non-hydrogen) atoms. The molecule has 2 aliphatic heterocycles.